The van der Waals surface area contributed by atoms with Gasteiger partial charge >= 0.3 is 0 Å². The average Bonchev–Trinajstić information content (AvgIpc) is 1.35. The van der Waals surface area contributed by atoms with Crippen LogP contribution >= 0.6 is 0 Å². The summed E-state index contributed by atoms with van der Waals surface area (Å²) in [6.45, 7) is 2.87. The molecule has 0 aromatic carbocycles. The number of rotatable bonds is 2. The first kappa shape index (κ1) is 5.59. The first-order valence-corrected chi connectivity index (χ1v) is 1.48. The number of hydrogen-bond donors (Lipinski definition) is 0. The molecule has 0 aliphatic rings. The fraction of sp³-hybridized carbons (Fsp3) is 0.333. The van der Waals surface area contributed by atoms with Crippen molar-refractivity contribution in [2.24, 2.45) is 0 Å². The molecule has 6 heavy (non-hydrogen) atoms. The van der Waals surface area contributed by atoms with E-state index in [9.17, 15) is 9.69 Å². The highest BCUT2D eigenvalue weighted by molar-refractivity contribution is 4.68. The summed E-state index contributed by atoms with van der Waals surface area (Å²) in [6.07, 6.45) is 1.19. The predicted molar refractivity (Wildman–Crippen MR) is 21.4 cm³/mol. The zero-order chi connectivity index (χ0) is 4.99. The fourth-order valence-corrected chi connectivity index (χ4v) is 0.101. The molecule has 0 atom stereocenters. The Balaban J connectivity index is 2.81. The second kappa shape index (κ2) is 2.81. The van der Waals surface area contributed by atoms with Crippen LogP contribution in [0.2, 0.25) is 0 Å². The standard InChI is InChI=1S/C3H5FNO/c1-2-3-5(4)6/h2H,1,3H2/q-1. The number of nitrogens with zero attached hydrogens (tertiary/aromatic N) is 1. The zero-order valence-corrected chi connectivity index (χ0v) is 3.22. The van der Waals surface area contributed by atoms with E-state index in [0.29, 0.717) is 0 Å². The maximum Gasteiger partial charge on any atom is 0.0334 e. The van der Waals surface area contributed by atoms with E-state index in [1.807, 2.05) is 0 Å². The van der Waals surface area contributed by atoms with Gasteiger partial charge in [0, 0.05) is 6.54 Å². The molecule has 3 heteroatoms. The van der Waals surface area contributed by atoms with Crippen LogP contribution in [0.1, 0.15) is 0 Å². The molecule has 0 rings (SSSR count). The molecule has 0 aromatic heterocycles. The van der Waals surface area contributed by atoms with Crippen molar-refractivity contribution in [3.8, 4) is 0 Å². The maximum atomic E-state index is 10.9. The minimum absolute atomic E-state index is 0.250. The summed E-state index contributed by atoms with van der Waals surface area (Å²) in [5.41, 5.74) is 0. The van der Waals surface area contributed by atoms with Crippen LogP contribution in [0.25, 0.3) is 0 Å². The van der Waals surface area contributed by atoms with Gasteiger partial charge in [-0.25, -0.2) is 5.29 Å². The van der Waals surface area contributed by atoms with Crippen molar-refractivity contribution in [2.45, 2.75) is 0 Å². The number of hydroxylamine groups is 1. The van der Waals surface area contributed by atoms with E-state index in [2.05, 4.69) is 6.58 Å². The average molecular weight is 90.1 g/mol. The second-order valence-corrected chi connectivity index (χ2v) is 0.789. The third kappa shape index (κ3) is 3.59. The Morgan fingerprint density at radius 2 is 2.50 bits per heavy atom. The second-order valence-electron chi connectivity index (χ2n) is 0.789. The quantitative estimate of drug-likeness (QED) is 0.285. The fourth-order valence-electron chi connectivity index (χ4n) is 0.101. The molecule has 0 N–H and O–H groups in total. The van der Waals surface area contributed by atoms with Crippen LogP contribution < -0.4 is 0 Å². The van der Waals surface area contributed by atoms with Crippen molar-refractivity contribution >= 4 is 0 Å². The van der Waals surface area contributed by atoms with Gasteiger partial charge in [0.1, 0.15) is 0 Å². The highest BCUT2D eigenvalue weighted by Crippen LogP contribution is 1.79. The molecule has 36 valence electrons. The predicted octanol–water partition coefficient (Wildman–Crippen LogP) is 0.857. The Labute approximate surface area is 35.4 Å². The third-order valence-corrected chi connectivity index (χ3v) is 0.273. The molecule has 0 fully saturated rings. The lowest BCUT2D eigenvalue weighted by Gasteiger charge is -2.10. The van der Waals surface area contributed by atoms with Gasteiger partial charge in [-0.1, -0.05) is 6.08 Å². The van der Waals surface area contributed by atoms with Gasteiger partial charge in [-0.05, 0) is 0 Å². The summed E-state index contributed by atoms with van der Waals surface area (Å²) < 4.78 is 10.9. The molecule has 0 unspecified atom stereocenters. The summed E-state index contributed by atoms with van der Waals surface area (Å²) in [5, 5.41) is 8.54. The highest BCUT2D eigenvalue weighted by Gasteiger charge is 1.71. The van der Waals surface area contributed by atoms with Gasteiger partial charge in [-0.15, -0.1) is 11.1 Å². The van der Waals surface area contributed by atoms with Crippen LogP contribution in [0.3, 0.4) is 0 Å². The summed E-state index contributed by atoms with van der Waals surface area (Å²) in [5.74, 6) is 0. The van der Waals surface area contributed by atoms with Gasteiger partial charge in [0.15, 0.2) is 0 Å². The Bertz CT molecular complexity index is 46.1. The molecule has 0 bridgehead atoms. The van der Waals surface area contributed by atoms with E-state index >= 15 is 0 Å². The van der Waals surface area contributed by atoms with Gasteiger partial charge in [0.2, 0.25) is 0 Å². The van der Waals surface area contributed by atoms with Gasteiger partial charge < -0.3 is 5.21 Å². The smallest absolute Gasteiger partial charge is 0.0334 e. The Morgan fingerprint density at radius 3 is 2.50 bits per heavy atom. The summed E-state index contributed by atoms with van der Waals surface area (Å²) in [7, 11) is 0. The number of halogens is 1. The minimum Gasteiger partial charge on any atom is -0.758 e. The van der Waals surface area contributed by atoms with Crippen molar-refractivity contribution in [2.75, 3.05) is 6.54 Å². The highest BCUT2D eigenvalue weighted by atomic mass is 19.2. The molecule has 0 aromatic rings. The first-order chi connectivity index (χ1) is 2.77. The van der Waals surface area contributed by atoms with Crippen molar-refractivity contribution in [3.05, 3.63) is 17.9 Å². The van der Waals surface area contributed by atoms with Crippen LogP contribution in [0, 0.1) is 5.21 Å². The maximum absolute atomic E-state index is 10.9. The Hall–Kier alpha value is -0.410. The normalized spacial score (nSPS) is 9.17. The van der Waals surface area contributed by atoms with Crippen LogP contribution in [0.15, 0.2) is 12.7 Å². The van der Waals surface area contributed by atoms with Crippen molar-refractivity contribution < 1.29 is 4.48 Å². The van der Waals surface area contributed by atoms with Gasteiger partial charge in [-0.2, -0.15) is 0 Å². The topological polar surface area (TPSA) is 26.3 Å². The third-order valence-electron chi connectivity index (χ3n) is 0.273. The van der Waals surface area contributed by atoms with Crippen LogP contribution in [0.5, 0.6) is 0 Å². The lowest BCUT2D eigenvalue weighted by Crippen LogP contribution is -2.00. The zero-order valence-electron chi connectivity index (χ0n) is 3.22. The molecular weight excluding hydrogens is 85.0 g/mol. The molecule has 0 saturated heterocycles. The van der Waals surface area contributed by atoms with E-state index in [4.69, 9.17) is 0 Å². The molecule has 0 amide bonds. The molecule has 0 radical (unpaired) electrons. The SMILES string of the molecule is C=CCN([O-])F. The molecular formula is C3H5FNO-. The summed E-state index contributed by atoms with van der Waals surface area (Å²) >= 11 is 0. The van der Waals surface area contributed by atoms with Gasteiger partial charge in [0.25, 0.3) is 0 Å². The Morgan fingerprint density at radius 1 is 2.00 bits per heavy atom. The van der Waals surface area contributed by atoms with E-state index in [1.54, 1.807) is 0 Å². The van der Waals surface area contributed by atoms with Crippen molar-refractivity contribution in [1.29, 1.82) is 0 Å². The first-order valence-electron chi connectivity index (χ1n) is 1.48. The lowest BCUT2D eigenvalue weighted by molar-refractivity contribution is 0.107. The van der Waals surface area contributed by atoms with E-state index in [0.717, 1.165) is 0 Å². The molecule has 0 aliphatic heterocycles. The monoisotopic (exact) mass is 90.0 g/mol. The van der Waals surface area contributed by atoms with Crippen LogP contribution in [-0.2, 0) is 0 Å². The lowest BCUT2D eigenvalue weighted by atomic mass is 10.7. The van der Waals surface area contributed by atoms with Crippen LogP contribution in [0.4, 0.5) is 4.48 Å². The molecule has 0 spiro atoms. The number of hydrogen-bond acceptors (Lipinski definition) is 2. The minimum atomic E-state index is -0.688. The van der Waals surface area contributed by atoms with E-state index in [1.165, 1.54) is 6.08 Å². The summed E-state index contributed by atoms with van der Waals surface area (Å²) in [4.78, 5) is 0. The van der Waals surface area contributed by atoms with Gasteiger partial charge in [-0.3, -0.25) is 0 Å². The van der Waals surface area contributed by atoms with Gasteiger partial charge in [0.05, 0.1) is 0 Å². The van der Waals surface area contributed by atoms with Crippen molar-refractivity contribution in [3.63, 3.8) is 0 Å². The van der Waals surface area contributed by atoms with E-state index in [-0.39, 0.29) is 6.54 Å². The van der Waals surface area contributed by atoms with Crippen molar-refractivity contribution in [1.82, 2.24) is 5.29 Å². The van der Waals surface area contributed by atoms with E-state index < -0.39 is 5.29 Å². The van der Waals surface area contributed by atoms with Crippen LogP contribution in [-0.4, -0.2) is 11.8 Å². The Kier molecular flexibility index (Phi) is 2.62. The molecule has 0 heterocycles. The molecule has 0 saturated carbocycles. The molecule has 0 aliphatic carbocycles. The largest absolute Gasteiger partial charge is 0.758 e. The molecule has 2 nitrogen and oxygen atoms in total. The summed E-state index contributed by atoms with van der Waals surface area (Å²) in [6, 6.07) is 0.